The molecule has 0 radical (unpaired) electrons. The first-order chi connectivity index (χ1) is 14.3. The van der Waals surface area contributed by atoms with E-state index in [-0.39, 0.29) is 18.1 Å². The minimum absolute atomic E-state index is 0.0580. The number of hydrogen-bond donors (Lipinski definition) is 1. The van der Waals surface area contributed by atoms with E-state index in [1.165, 1.54) is 16.9 Å². The van der Waals surface area contributed by atoms with E-state index in [9.17, 15) is 9.59 Å². The number of rotatable bonds is 8. The Morgan fingerprint density at radius 2 is 2.03 bits per heavy atom. The van der Waals surface area contributed by atoms with Crippen LogP contribution in [-0.2, 0) is 11.2 Å². The number of nitrogens with one attached hydrogen (secondary N) is 1. The number of nitrogens with zero attached hydrogens (tertiary/aromatic N) is 1. The molecule has 6 nitrogen and oxygen atoms in total. The summed E-state index contributed by atoms with van der Waals surface area (Å²) >= 11 is 1.50. The van der Waals surface area contributed by atoms with Gasteiger partial charge in [-0.3, -0.25) is 4.79 Å². The number of carbonyl (C=O) groups excluding carboxylic acids is 2. The summed E-state index contributed by atoms with van der Waals surface area (Å²) in [6, 6.07) is 9.79. The molecule has 2 heterocycles. The fourth-order valence-electron chi connectivity index (χ4n) is 3.31. The Labute approximate surface area is 182 Å². The molecule has 0 saturated carbocycles. The predicted octanol–water partition coefficient (Wildman–Crippen LogP) is 4.50. The van der Waals surface area contributed by atoms with E-state index >= 15 is 0 Å². The van der Waals surface area contributed by atoms with Crippen LogP contribution in [0.4, 0.5) is 4.79 Å². The van der Waals surface area contributed by atoms with Gasteiger partial charge < -0.3 is 19.7 Å². The Morgan fingerprint density at radius 1 is 1.23 bits per heavy atom. The molecule has 0 fully saturated rings. The zero-order valence-electron chi connectivity index (χ0n) is 17.8. The second-order valence-corrected chi connectivity index (χ2v) is 9.23. The topological polar surface area (TPSA) is 67.9 Å². The molecule has 0 aliphatic carbocycles. The summed E-state index contributed by atoms with van der Waals surface area (Å²) in [6.07, 6.45) is 1.92. The van der Waals surface area contributed by atoms with Gasteiger partial charge in [0, 0.05) is 30.5 Å². The molecule has 1 atom stereocenters. The summed E-state index contributed by atoms with van der Waals surface area (Å²) in [5.41, 5.74) is 1.31. The van der Waals surface area contributed by atoms with Crippen LogP contribution in [0.25, 0.3) is 0 Å². The van der Waals surface area contributed by atoms with Crippen LogP contribution >= 0.6 is 11.3 Å². The molecule has 0 bridgehead atoms. The highest BCUT2D eigenvalue weighted by atomic mass is 32.1. The summed E-state index contributed by atoms with van der Waals surface area (Å²) in [5.74, 6) is 0.833. The van der Waals surface area contributed by atoms with Crippen LogP contribution in [0.5, 0.6) is 5.75 Å². The molecule has 1 aliphatic rings. The fraction of sp³-hybridized carbons (Fsp3) is 0.478. The molecule has 162 valence electrons. The van der Waals surface area contributed by atoms with Crippen molar-refractivity contribution in [1.82, 2.24) is 10.2 Å². The molecular formula is C23H30N2O4S. The molecule has 0 saturated heterocycles. The second kappa shape index (κ2) is 9.98. The Hall–Kier alpha value is -2.54. The molecule has 3 rings (SSSR count). The number of amides is 2. The molecule has 1 aliphatic heterocycles. The highest BCUT2D eigenvalue weighted by molar-refractivity contribution is 7.08. The number of thiophene rings is 1. The van der Waals surface area contributed by atoms with Crippen LogP contribution in [0.2, 0.25) is 0 Å². The summed E-state index contributed by atoms with van der Waals surface area (Å²) in [6.45, 7) is 7.20. The summed E-state index contributed by atoms with van der Waals surface area (Å²) in [5, 5.41) is 6.64. The lowest BCUT2D eigenvalue weighted by Gasteiger charge is -2.29. The van der Waals surface area contributed by atoms with Crippen molar-refractivity contribution in [2.24, 2.45) is 0 Å². The van der Waals surface area contributed by atoms with Crippen LogP contribution < -0.4 is 10.1 Å². The van der Waals surface area contributed by atoms with Crippen molar-refractivity contribution >= 4 is 23.3 Å². The largest absolute Gasteiger partial charge is 0.488 e. The van der Waals surface area contributed by atoms with E-state index in [1.54, 1.807) is 4.90 Å². The minimum Gasteiger partial charge on any atom is -0.488 e. The van der Waals surface area contributed by atoms with E-state index in [1.807, 2.05) is 55.8 Å². The molecular weight excluding hydrogens is 400 g/mol. The maximum atomic E-state index is 12.7. The normalized spacial score (nSPS) is 15.2. The Morgan fingerprint density at radius 3 is 2.73 bits per heavy atom. The Kier molecular flexibility index (Phi) is 7.37. The summed E-state index contributed by atoms with van der Waals surface area (Å²) in [4.78, 5) is 26.5. The van der Waals surface area contributed by atoms with Crippen LogP contribution in [0.15, 0.2) is 41.1 Å². The number of unbranched alkanes of at least 4 members (excludes halogenated alkanes) is 1. The zero-order chi connectivity index (χ0) is 21.6. The maximum absolute atomic E-state index is 12.7. The molecule has 1 aromatic carbocycles. The minimum atomic E-state index is -0.552. The third-order valence-corrected chi connectivity index (χ3v) is 5.40. The van der Waals surface area contributed by atoms with Crippen molar-refractivity contribution in [1.29, 1.82) is 0 Å². The molecule has 2 aromatic rings. The monoisotopic (exact) mass is 430 g/mol. The first-order valence-electron chi connectivity index (χ1n) is 10.3. The van der Waals surface area contributed by atoms with Gasteiger partial charge in [-0.2, -0.15) is 11.3 Å². The SMILES string of the molecule is CC(C)(C)OC(=O)N(CCCCNC(=O)c1ccsc1)CC1Cc2ccccc2O1. The second-order valence-electron chi connectivity index (χ2n) is 8.45. The highest BCUT2D eigenvalue weighted by Gasteiger charge is 2.29. The van der Waals surface area contributed by atoms with E-state index < -0.39 is 5.60 Å². The fourth-order valence-corrected chi connectivity index (χ4v) is 3.95. The third-order valence-electron chi connectivity index (χ3n) is 4.71. The molecule has 2 amide bonds. The lowest BCUT2D eigenvalue weighted by molar-refractivity contribution is 0.0179. The Bertz CT molecular complexity index is 820. The quantitative estimate of drug-likeness (QED) is 0.626. The number of benzene rings is 1. The van der Waals surface area contributed by atoms with Crippen molar-refractivity contribution in [3.63, 3.8) is 0 Å². The van der Waals surface area contributed by atoms with Crippen LogP contribution in [0, 0.1) is 0 Å². The van der Waals surface area contributed by atoms with Crippen molar-refractivity contribution in [2.75, 3.05) is 19.6 Å². The smallest absolute Gasteiger partial charge is 0.410 e. The lowest BCUT2D eigenvalue weighted by Crippen LogP contribution is -2.42. The van der Waals surface area contributed by atoms with Gasteiger partial charge in [-0.1, -0.05) is 18.2 Å². The Balaban J connectivity index is 1.49. The van der Waals surface area contributed by atoms with Gasteiger partial charge in [0.1, 0.15) is 17.5 Å². The molecule has 30 heavy (non-hydrogen) atoms. The average molecular weight is 431 g/mol. The number of para-hydroxylation sites is 1. The first-order valence-corrected chi connectivity index (χ1v) is 11.3. The van der Waals surface area contributed by atoms with E-state index in [0.717, 1.165) is 25.0 Å². The number of hydrogen-bond acceptors (Lipinski definition) is 5. The zero-order valence-corrected chi connectivity index (χ0v) is 18.7. The number of carbonyl (C=O) groups is 2. The highest BCUT2D eigenvalue weighted by Crippen LogP contribution is 2.28. The molecule has 1 aromatic heterocycles. The van der Waals surface area contributed by atoms with Gasteiger partial charge in [-0.15, -0.1) is 0 Å². The van der Waals surface area contributed by atoms with E-state index in [2.05, 4.69) is 11.4 Å². The predicted molar refractivity (Wildman–Crippen MR) is 118 cm³/mol. The van der Waals surface area contributed by atoms with Gasteiger partial charge in [-0.05, 0) is 56.7 Å². The summed E-state index contributed by atoms with van der Waals surface area (Å²) < 4.78 is 11.6. The average Bonchev–Trinajstić information content (AvgIpc) is 3.34. The van der Waals surface area contributed by atoms with Gasteiger partial charge in [0.2, 0.25) is 0 Å². The third kappa shape index (κ3) is 6.49. The molecule has 1 N–H and O–H groups in total. The number of fused-ring (bicyclic) bond motifs is 1. The first kappa shape index (κ1) is 22.2. The number of ether oxygens (including phenoxy) is 2. The maximum Gasteiger partial charge on any atom is 0.410 e. The lowest BCUT2D eigenvalue weighted by atomic mass is 10.1. The van der Waals surface area contributed by atoms with Crippen LogP contribution in [0.3, 0.4) is 0 Å². The van der Waals surface area contributed by atoms with Crippen molar-refractivity contribution in [3.05, 3.63) is 52.2 Å². The van der Waals surface area contributed by atoms with Crippen molar-refractivity contribution < 1.29 is 19.1 Å². The van der Waals surface area contributed by atoms with Gasteiger partial charge in [0.05, 0.1) is 6.54 Å². The van der Waals surface area contributed by atoms with E-state index in [4.69, 9.17) is 9.47 Å². The van der Waals surface area contributed by atoms with Crippen LogP contribution in [-0.4, -0.2) is 48.2 Å². The molecule has 0 spiro atoms. The van der Waals surface area contributed by atoms with Gasteiger partial charge >= 0.3 is 6.09 Å². The van der Waals surface area contributed by atoms with Gasteiger partial charge in [-0.25, -0.2) is 4.79 Å². The van der Waals surface area contributed by atoms with E-state index in [0.29, 0.717) is 25.2 Å². The molecule has 7 heteroatoms. The van der Waals surface area contributed by atoms with Crippen LogP contribution in [0.1, 0.15) is 49.5 Å². The van der Waals surface area contributed by atoms with Crippen molar-refractivity contribution in [2.45, 2.75) is 51.7 Å². The standard InChI is InChI=1S/C23H30N2O4S/c1-23(2,3)29-22(27)25(15-19-14-17-8-4-5-9-20(17)28-19)12-7-6-11-24-21(26)18-10-13-30-16-18/h4-5,8-10,13,16,19H,6-7,11-12,14-15H2,1-3H3,(H,24,26). The molecule has 1 unspecified atom stereocenters. The van der Waals surface area contributed by atoms with Gasteiger partial charge in [0.15, 0.2) is 0 Å². The van der Waals surface area contributed by atoms with Gasteiger partial charge in [0.25, 0.3) is 5.91 Å². The van der Waals surface area contributed by atoms with Crippen molar-refractivity contribution in [3.8, 4) is 5.75 Å². The summed E-state index contributed by atoms with van der Waals surface area (Å²) in [7, 11) is 0.